The number of methoxy groups -OCH3 is 1. The maximum Gasteiger partial charge on any atom is 0.286 e. The van der Waals surface area contributed by atoms with E-state index in [9.17, 15) is 9.59 Å². The number of imidazole rings is 1. The SMILES string of the molecule is COC(=O)[C@H]1CC(=O)O[B@@H-]1c1n(-c2c(C)cc(C)cc2C)cc[n+]1-c1c(C)cc(C)cc1C. The highest BCUT2D eigenvalue weighted by molar-refractivity contribution is 6.73. The fraction of sp³-hybridized carbons (Fsp3) is 0.346. The number of hydrogen-bond donors (Lipinski definition) is 0. The molecule has 172 valence electrons. The number of ether oxygens (including phenoxy) is 1. The zero-order valence-corrected chi connectivity index (χ0v) is 20.5. The van der Waals surface area contributed by atoms with E-state index in [2.05, 4.69) is 74.9 Å². The third-order valence-electron chi connectivity index (χ3n) is 6.70. The number of aryl methyl sites for hydroxylation is 6. The fourth-order valence-corrected chi connectivity index (χ4v) is 5.62. The van der Waals surface area contributed by atoms with Gasteiger partial charge in [-0.05, 0) is 69.6 Å². The molecule has 3 aromatic rings. The summed E-state index contributed by atoms with van der Waals surface area (Å²) in [6.45, 7) is 10.6. The zero-order valence-electron chi connectivity index (χ0n) is 20.5. The van der Waals surface area contributed by atoms with E-state index in [-0.39, 0.29) is 12.4 Å². The number of hydrogen-bond acceptors (Lipinski definition) is 4. The van der Waals surface area contributed by atoms with Crippen molar-refractivity contribution in [2.75, 3.05) is 7.11 Å². The number of nitrogens with zero attached hydrogens (tertiary/aromatic N) is 2. The molecular formula is C26H31BN2O4. The molecule has 2 aromatic carbocycles. The average Bonchev–Trinajstić information content (AvgIpc) is 3.29. The van der Waals surface area contributed by atoms with Gasteiger partial charge < -0.3 is 9.39 Å². The van der Waals surface area contributed by atoms with Gasteiger partial charge in [-0.1, -0.05) is 35.4 Å². The van der Waals surface area contributed by atoms with Crippen molar-refractivity contribution in [1.29, 1.82) is 0 Å². The van der Waals surface area contributed by atoms with Crippen LogP contribution in [0, 0.1) is 41.5 Å². The molecule has 0 spiro atoms. The van der Waals surface area contributed by atoms with E-state index in [0.29, 0.717) is 0 Å². The molecule has 4 rings (SSSR count). The summed E-state index contributed by atoms with van der Waals surface area (Å²) in [4.78, 5) is 25.1. The van der Waals surface area contributed by atoms with Crippen molar-refractivity contribution < 1.29 is 23.5 Å². The van der Waals surface area contributed by atoms with Gasteiger partial charge in [0.15, 0.2) is 0 Å². The summed E-state index contributed by atoms with van der Waals surface area (Å²) in [6.07, 6.45) is 4.05. The van der Waals surface area contributed by atoms with Crippen LogP contribution in [0.3, 0.4) is 0 Å². The normalized spacial score (nSPS) is 17.8. The summed E-state index contributed by atoms with van der Waals surface area (Å²) in [5.41, 5.74) is 9.73. The molecule has 0 amide bonds. The molecule has 0 aliphatic carbocycles. The van der Waals surface area contributed by atoms with Gasteiger partial charge in [-0.15, -0.1) is 0 Å². The molecule has 0 radical (unpaired) electrons. The molecule has 0 bridgehead atoms. The quantitative estimate of drug-likeness (QED) is 0.351. The predicted molar refractivity (Wildman–Crippen MR) is 129 cm³/mol. The molecule has 2 atom stereocenters. The summed E-state index contributed by atoms with van der Waals surface area (Å²) in [5.74, 6) is -1.39. The number of carbonyl (C=O) groups is 2. The maximum absolute atomic E-state index is 12.7. The molecule has 0 unspecified atom stereocenters. The lowest BCUT2D eigenvalue weighted by Gasteiger charge is -2.23. The Balaban J connectivity index is 2.04. The van der Waals surface area contributed by atoms with Gasteiger partial charge in [-0.3, -0.25) is 9.59 Å². The van der Waals surface area contributed by atoms with E-state index in [4.69, 9.17) is 9.39 Å². The molecular weight excluding hydrogens is 415 g/mol. The minimum atomic E-state index is -1.84. The van der Waals surface area contributed by atoms with E-state index in [0.717, 1.165) is 39.4 Å². The third kappa shape index (κ3) is 3.97. The Morgan fingerprint density at radius 2 is 1.55 bits per heavy atom. The van der Waals surface area contributed by atoms with E-state index in [1.807, 2.05) is 12.4 Å². The second kappa shape index (κ2) is 8.54. The molecule has 0 N–H and O–H groups in total. The van der Waals surface area contributed by atoms with E-state index in [1.165, 1.54) is 18.2 Å². The van der Waals surface area contributed by atoms with Gasteiger partial charge in [0, 0.05) is 6.42 Å². The molecule has 7 heteroatoms. The predicted octanol–water partition coefficient (Wildman–Crippen LogP) is 3.03. The van der Waals surface area contributed by atoms with Crippen LogP contribution < -0.4 is 10.3 Å². The van der Waals surface area contributed by atoms with Gasteiger partial charge in [0.1, 0.15) is 29.5 Å². The monoisotopic (exact) mass is 446 g/mol. The first-order valence-electron chi connectivity index (χ1n) is 11.4. The van der Waals surface area contributed by atoms with Crippen LogP contribution in [-0.4, -0.2) is 30.5 Å². The van der Waals surface area contributed by atoms with Crippen molar-refractivity contribution in [2.45, 2.75) is 53.8 Å². The molecule has 0 saturated carbocycles. The minimum absolute atomic E-state index is 0.0373. The van der Waals surface area contributed by atoms with Crippen molar-refractivity contribution in [1.82, 2.24) is 4.57 Å². The first-order valence-corrected chi connectivity index (χ1v) is 11.4. The lowest BCUT2D eigenvalue weighted by Crippen LogP contribution is -2.59. The molecule has 1 aliphatic heterocycles. The zero-order chi connectivity index (χ0) is 24.0. The lowest BCUT2D eigenvalue weighted by molar-refractivity contribution is -0.577. The van der Waals surface area contributed by atoms with Crippen molar-refractivity contribution >= 4 is 24.6 Å². The number of aromatic nitrogens is 2. The Kier molecular flexibility index (Phi) is 5.91. The van der Waals surface area contributed by atoms with Gasteiger partial charge in [-0.25, -0.2) is 9.13 Å². The largest absolute Gasteiger partial charge is 0.680 e. The first kappa shape index (κ1) is 22.8. The Morgan fingerprint density at radius 3 is 2.09 bits per heavy atom. The number of benzene rings is 2. The van der Waals surface area contributed by atoms with E-state index in [1.54, 1.807) is 0 Å². The fourth-order valence-electron chi connectivity index (χ4n) is 5.62. The topological polar surface area (TPSA) is 61.4 Å². The summed E-state index contributed by atoms with van der Waals surface area (Å²) in [5, 5.41) is 0. The molecule has 2 heterocycles. The second-order valence-electron chi connectivity index (χ2n) is 9.40. The highest BCUT2D eigenvalue weighted by Crippen LogP contribution is 2.28. The van der Waals surface area contributed by atoms with Crippen molar-refractivity contribution in [3.63, 3.8) is 0 Å². The van der Waals surface area contributed by atoms with Crippen LogP contribution in [0.5, 0.6) is 0 Å². The summed E-state index contributed by atoms with van der Waals surface area (Å²) >= 11 is 0. The van der Waals surface area contributed by atoms with Gasteiger partial charge in [0.2, 0.25) is 0 Å². The van der Waals surface area contributed by atoms with Crippen LogP contribution in [0.1, 0.15) is 39.8 Å². The molecule has 6 nitrogen and oxygen atoms in total. The molecule has 1 aliphatic rings. The van der Waals surface area contributed by atoms with Crippen LogP contribution >= 0.6 is 0 Å². The van der Waals surface area contributed by atoms with Crippen molar-refractivity contribution in [2.24, 2.45) is 0 Å². The Morgan fingerprint density at radius 1 is 1.00 bits per heavy atom. The number of carbonyl (C=O) groups excluding carboxylic acids is 2. The van der Waals surface area contributed by atoms with Gasteiger partial charge in [0.25, 0.3) is 18.9 Å². The lowest BCUT2D eigenvalue weighted by atomic mass is 9.55. The summed E-state index contributed by atoms with van der Waals surface area (Å²) < 4.78 is 15.1. The maximum atomic E-state index is 12.7. The van der Waals surface area contributed by atoms with Crippen molar-refractivity contribution in [3.8, 4) is 11.4 Å². The van der Waals surface area contributed by atoms with Crippen LogP contribution in [-0.2, 0) is 19.0 Å². The smallest absolute Gasteiger partial charge is 0.286 e. The molecule has 33 heavy (non-hydrogen) atoms. The molecule has 1 saturated heterocycles. The Labute approximate surface area is 195 Å². The number of esters is 1. The van der Waals surface area contributed by atoms with Gasteiger partial charge in [0.05, 0.1) is 7.11 Å². The number of rotatable bonds is 4. The third-order valence-corrected chi connectivity index (χ3v) is 6.70. The Bertz CT molecular complexity index is 1160. The average molecular weight is 446 g/mol. The van der Waals surface area contributed by atoms with E-state index >= 15 is 0 Å². The first-order chi connectivity index (χ1) is 15.6. The Hall–Kier alpha value is -3.35. The summed E-state index contributed by atoms with van der Waals surface area (Å²) in [6, 6.07) is 8.58. The van der Waals surface area contributed by atoms with Gasteiger partial charge in [-0.2, -0.15) is 0 Å². The van der Waals surface area contributed by atoms with Crippen LogP contribution in [0.4, 0.5) is 0 Å². The van der Waals surface area contributed by atoms with E-state index < -0.39 is 18.7 Å². The standard InChI is InChI=1S/C26H31BN2O4/c1-15-10-17(3)23(18(4)11-15)28-8-9-29(24-19(5)12-16(2)13-20(24)6)26(28)27-21(25(31)32-7)14-22(30)33-27/h8-13,21,27H,14H2,1-7H3/t21-,27+/m1/s1. The summed E-state index contributed by atoms with van der Waals surface area (Å²) in [7, 11) is 1.36. The van der Waals surface area contributed by atoms with Crippen LogP contribution in [0.15, 0.2) is 36.7 Å². The highest BCUT2D eigenvalue weighted by atomic mass is 16.5. The second-order valence-corrected chi connectivity index (χ2v) is 9.40. The van der Waals surface area contributed by atoms with Crippen LogP contribution in [0.25, 0.3) is 11.4 Å². The highest BCUT2D eigenvalue weighted by Gasteiger charge is 2.43. The van der Waals surface area contributed by atoms with Crippen LogP contribution in [0.2, 0.25) is 5.82 Å². The molecule has 1 aromatic heterocycles. The minimum Gasteiger partial charge on any atom is -0.680 e. The van der Waals surface area contributed by atoms with Crippen molar-refractivity contribution in [3.05, 3.63) is 70.0 Å². The molecule has 1 fully saturated rings. The van der Waals surface area contributed by atoms with Gasteiger partial charge >= 0.3 is 0 Å².